The molecular formula is C12H11ClN2O2S. The summed E-state index contributed by atoms with van der Waals surface area (Å²) < 4.78 is 0. The first-order chi connectivity index (χ1) is 8.56. The molecule has 2 N–H and O–H groups in total. The number of aromatic nitrogens is 1. The van der Waals surface area contributed by atoms with E-state index in [9.17, 15) is 9.90 Å². The Morgan fingerprint density at radius 3 is 2.94 bits per heavy atom. The third kappa shape index (κ3) is 3.00. The van der Waals surface area contributed by atoms with Crippen molar-refractivity contribution in [1.29, 1.82) is 0 Å². The molecule has 1 aromatic heterocycles. The van der Waals surface area contributed by atoms with Crippen molar-refractivity contribution < 1.29 is 9.90 Å². The molecule has 0 aliphatic rings. The van der Waals surface area contributed by atoms with Crippen molar-refractivity contribution in [3.05, 3.63) is 44.9 Å². The van der Waals surface area contributed by atoms with Gasteiger partial charge in [0.15, 0.2) is 0 Å². The molecule has 2 aromatic rings. The summed E-state index contributed by atoms with van der Waals surface area (Å²) in [4.78, 5) is 16.9. The minimum Gasteiger partial charge on any atom is -0.507 e. The van der Waals surface area contributed by atoms with Crippen molar-refractivity contribution in [2.75, 3.05) is 0 Å². The molecule has 94 valence electrons. The lowest BCUT2D eigenvalue weighted by atomic mass is 10.2. The smallest absolute Gasteiger partial charge is 0.255 e. The van der Waals surface area contributed by atoms with Crippen LogP contribution in [-0.2, 0) is 6.54 Å². The Morgan fingerprint density at radius 1 is 1.56 bits per heavy atom. The number of aryl methyl sites for hydroxylation is 1. The SMILES string of the molecule is Cc1ncc(CNC(=O)c2ccc(Cl)cc2O)s1. The highest BCUT2D eigenvalue weighted by Gasteiger charge is 2.11. The average Bonchev–Trinajstić information content (AvgIpc) is 2.72. The number of benzene rings is 1. The maximum atomic E-state index is 11.8. The van der Waals surface area contributed by atoms with Crippen molar-refractivity contribution in [3.8, 4) is 5.75 Å². The van der Waals surface area contributed by atoms with Gasteiger partial charge in [0.25, 0.3) is 5.91 Å². The van der Waals surface area contributed by atoms with Gasteiger partial charge in [-0.3, -0.25) is 4.79 Å². The molecule has 0 aliphatic heterocycles. The molecule has 0 saturated carbocycles. The van der Waals surface area contributed by atoms with Gasteiger partial charge < -0.3 is 10.4 Å². The van der Waals surface area contributed by atoms with Gasteiger partial charge in [-0.15, -0.1) is 11.3 Å². The Hall–Kier alpha value is -1.59. The van der Waals surface area contributed by atoms with Gasteiger partial charge in [-0.1, -0.05) is 11.6 Å². The topological polar surface area (TPSA) is 62.2 Å². The first-order valence-corrected chi connectivity index (χ1v) is 6.44. The van der Waals surface area contributed by atoms with Crippen LogP contribution in [0.2, 0.25) is 5.02 Å². The standard InChI is InChI=1S/C12H11ClN2O2S/c1-7-14-5-9(18-7)6-15-12(17)10-3-2-8(13)4-11(10)16/h2-5,16H,6H2,1H3,(H,15,17). The molecule has 18 heavy (non-hydrogen) atoms. The maximum Gasteiger partial charge on any atom is 0.255 e. The Balaban J connectivity index is 2.03. The minimum absolute atomic E-state index is 0.125. The van der Waals surface area contributed by atoms with Crippen LogP contribution in [0, 0.1) is 6.92 Å². The number of hydrogen-bond acceptors (Lipinski definition) is 4. The second kappa shape index (κ2) is 5.37. The highest BCUT2D eigenvalue weighted by atomic mass is 35.5. The lowest BCUT2D eigenvalue weighted by molar-refractivity contribution is 0.0948. The lowest BCUT2D eigenvalue weighted by Gasteiger charge is -2.05. The molecule has 1 amide bonds. The molecule has 0 saturated heterocycles. The quantitative estimate of drug-likeness (QED) is 0.910. The second-order valence-electron chi connectivity index (χ2n) is 3.69. The Kier molecular flexibility index (Phi) is 3.84. The van der Waals surface area contributed by atoms with Gasteiger partial charge in [0, 0.05) is 16.1 Å². The van der Waals surface area contributed by atoms with E-state index in [1.807, 2.05) is 6.92 Å². The van der Waals surface area contributed by atoms with E-state index >= 15 is 0 Å². The second-order valence-corrected chi connectivity index (χ2v) is 5.45. The van der Waals surface area contributed by atoms with Gasteiger partial charge in [-0.05, 0) is 25.1 Å². The summed E-state index contributed by atoms with van der Waals surface area (Å²) in [6, 6.07) is 4.39. The Labute approximate surface area is 113 Å². The van der Waals surface area contributed by atoms with Crippen LogP contribution in [0.5, 0.6) is 5.75 Å². The molecule has 2 rings (SSSR count). The van der Waals surface area contributed by atoms with Crippen LogP contribution >= 0.6 is 22.9 Å². The summed E-state index contributed by atoms with van der Waals surface area (Å²) in [6.07, 6.45) is 1.72. The molecule has 0 spiro atoms. The number of halogens is 1. The van der Waals surface area contributed by atoms with E-state index in [2.05, 4.69) is 10.3 Å². The Morgan fingerprint density at radius 2 is 2.33 bits per heavy atom. The van der Waals surface area contributed by atoms with E-state index in [1.165, 1.54) is 23.5 Å². The van der Waals surface area contributed by atoms with E-state index in [-0.39, 0.29) is 17.2 Å². The van der Waals surface area contributed by atoms with Gasteiger partial charge >= 0.3 is 0 Å². The van der Waals surface area contributed by atoms with Crippen LogP contribution in [0.25, 0.3) is 0 Å². The van der Waals surface area contributed by atoms with E-state index < -0.39 is 0 Å². The molecule has 4 nitrogen and oxygen atoms in total. The number of carbonyl (C=O) groups is 1. The molecule has 0 fully saturated rings. The third-order valence-electron chi connectivity index (χ3n) is 2.30. The predicted molar refractivity (Wildman–Crippen MR) is 71.1 cm³/mol. The highest BCUT2D eigenvalue weighted by Crippen LogP contribution is 2.22. The number of nitrogens with zero attached hydrogens (tertiary/aromatic N) is 1. The van der Waals surface area contributed by atoms with Gasteiger partial charge in [0.05, 0.1) is 17.1 Å². The molecule has 6 heteroatoms. The number of rotatable bonds is 3. The number of aromatic hydroxyl groups is 1. The zero-order valence-corrected chi connectivity index (χ0v) is 11.2. The fourth-order valence-electron chi connectivity index (χ4n) is 1.45. The summed E-state index contributed by atoms with van der Waals surface area (Å²) in [5.74, 6) is -0.462. The summed E-state index contributed by atoms with van der Waals surface area (Å²) in [5, 5.41) is 13.7. The summed E-state index contributed by atoms with van der Waals surface area (Å²) in [6.45, 7) is 2.30. The van der Waals surface area contributed by atoms with Crippen molar-refractivity contribution >= 4 is 28.8 Å². The van der Waals surface area contributed by atoms with Gasteiger partial charge in [0.2, 0.25) is 0 Å². The van der Waals surface area contributed by atoms with Crippen LogP contribution in [0.4, 0.5) is 0 Å². The van der Waals surface area contributed by atoms with Crippen molar-refractivity contribution in [3.63, 3.8) is 0 Å². The predicted octanol–water partition coefficient (Wildman–Crippen LogP) is 2.74. The monoisotopic (exact) mass is 282 g/mol. The molecule has 0 unspecified atom stereocenters. The number of nitrogens with one attached hydrogen (secondary N) is 1. The maximum absolute atomic E-state index is 11.8. The zero-order valence-electron chi connectivity index (χ0n) is 9.61. The van der Waals surface area contributed by atoms with Crippen LogP contribution in [-0.4, -0.2) is 16.0 Å². The zero-order chi connectivity index (χ0) is 13.1. The van der Waals surface area contributed by atoms with Gasteiger partial charge in [-0.25, -0.2) is 4.98 Å². The van der Waals surface area contributed by atoms with Crippen LogP contribution in [0.1, 0.15) is 20.2 Å². The minimum atomic E-state index is -0.338. The lowest BCUT2D eigenvalue weighted by Crippen LogP contribution is -2.22. The van der Waals surface area contributed by atoms with E-state index in [0.717, 1.165) is 9.88 Å². The van der Waals surface area contributed by atoms with Crippen molar-refractivity contribution in [2.45, 2.75) is 13.5 Å². The molecular weight excluding hydrogens is 272 g/mol. The van der Waals surface area contributed by atoms with Gasteiger partial charge in [-0.2, -0.15) is 0 Å². The Bertz CT molecular complexity index is 583. The summed E-state index contributed by atoms with van der Waals surface area (Å²) in [5.41, 5.74) is 0.209. The normalized spacial score (nSPS) is 10.3. The number of hydrogen-bond donors (Lipinski definition) is 2. The van der Waals surface area contributed by atoms with Crippen LogP contribution < -0.4 is 5.32 Å². The summed E-state index contributed by atoms with van der Waals surface area (Å²) >= 11 is 7.22. The van der Waals surface area contributed by atoms with Crippen LogP contribution in [0.15, 0.2) is 24.4 Å². The number of carbonyl (C=O) groups excluding carboxylic acids is 1. The fraction of sp³-hybridized carbons (Fsp3) is 0.167. The number of phenolic OH excluding ortho intramolecular Hbond substituents is 1. The first-order valence-electron chi connectivity index (χ1n) is 5.24. The largest absolute Gasteiger partial charge is 0.507 e. The van der Waals surface area contributed by atoms with Crippen molar-refractivity contribution in [1.82, 2.24) is 10.3 Å². The number of thiazole rings is 1. The van der Waals surface area contributed by atoms with Gasteiger partial charge in [0.1, 0.15) is 5.75 Å². The highest BCUT2D eigenvalue weighted by molar-refractivity contribution is 7.11. The first kappa shape index (κ1) is 12.9. The third-order valence-corrected chi connectivity index (χ3v) is 3.44. The van der Waals surface area contributed by atoms with Crippen molar-refractivity contribution in [2.24, 2.45) is 0 Å². The molecule has 1 heterocycles. The van der Waals surface area contributed by atoms with E-state index in [1.54, 1.807) is 12.3 Å². The summed E-state index contributed by atoms with van der Waals surface area (Å²) in [7, 11) is 0. The fourth-order valence-corrected chi connectivity index (χ4v) is 2.35. The number of phenols is 1. The van der Waals surface area contributed by atoms with E-state index in [4.69, 9.17) is 11.6 Å². The molecule has 0 bridgehead atoms. The molecule has 1 aromatic carbocycles. The number of amides is 1. The van der Waals surface area contributed by atoms with E-state index in [0.29, 0.717) is 11.6 Å². The molecule has 0 aliphatic carbocycles. The molecule has 0 atom stereocenters. The average molecular weight is 283 g/mol. The van der Waals surface area contributed by atoms with Crippen LogP contribution in [0.3, 0.4) is 0 Å². The molecule has 0 radical (unpaired) electrons.